The number of fused-ring (bicyclic) bond motifs is 1. The van der Waals surface area contributed by atoms with Crippen molar-refractivity contribution in [3.63, 3.8) is 0 Å². The van der Waals surface area contributed by atoms with Crippen molar-refractivity contribution in [1.29, 1.82) is 0 Å². The van der Waals surface area contributed by atoms with Crippen LogP contribution in [0, 0.1) is 5.82 Å². The molecule has 0 aliphatic rings. The van der Waals surface area contributed by atoms with Gasteiger partial charge in [0.1, 0.15) is 11.5 Å². The Morgan fingerprint density at radius 3 is 2.59 bits per heavy atom. The molecule has 0 saturated carbocycles. The van der Waals surface area contributed by atoms with Gasteiger partial charge in [-0.05, 0) is 41.5 Å². The maximum absolute atomic E-state index is 13.4. The van der Waals surface area contributed by atoms with E-state index in [1.54, 1.807) is 24.5 Å². The molecule has 10 heteroatoms. The molecule has 162 valence electrons. The molecule has 0 spiro atoms. The highest BCUT2D eigenvalue weighted by molar-refractivity contribution is 6.30. The molecule has 4 aromatic rings. The van der Waals surface area contributed by atoms with Gasteiger partial charge < -0.3 is 5.32 Å². The fourth-order valence-corrected chi connectivity index (χ4v) is 3.46. The summed E-state index contributed by atoms with van der Waals surface area (Å²) in [7, 11) is 1.50. The summed E-state index contributed by atoms with van der Waals surface area (Å²) in [4.78, 5) is 46.4. The number of aryl methyl sites for hydroxylation is 1. The van der Waals surface area contributed by atoms with Crippen LogP contribution in [0.3, 0.4) is 0 Å². The molecule has 0 unspecified atom stereocenters. The van der Waals surface area contributed by atoms with Crippen LogP contribution in [0.5, 0.6) is 0 Å². The first-order chi connectivity index (χ1) is 15.3. The molecule has 1 aromatic carbocycles. The fraction of sp³-hybridized carbons (Fsp3) is 0.136. The zero-order chi connectivity index (χ0) is 22.8. The van der Waals surface area contributed by atoms with Crippen molar-refractivity contribution in [3.05, 3.63) is 103 Å². The third-order valence-corrected chi connectivity index (χ3v) is 5.29. The third-order valence-electron chi connectivity index (χ3n) is 5.00. The Hall–Kier alpha value is -3.85. The molecular weight excluding hydrogens is 437 g/mol. The van der Waals surface area contributed by atoms with Crippen molar-refractivity contribution >= 4 is 28.4 Å². The van der Waals surface area contributed by atoms with Gasteiger partial charge in [0.2, 0.25) is 0 Å². The molecule has 0 aliphatic carbocycles. The van der Waals surface area contributed by atoms with Gasteiger partial charge in [-0.1, -0.05) is 17.7 Å². The van der Waals surface area contributed by atoms with Crippen LogP contribution < -0.4 is 16.6 Å². The maximum Gasteiger partial charge on any atom is 0.331 e. The molecule has 3 heterocycles. The maximum atomic E-state index is 13.4. The minimum atomic E-state index is -0.595. The van der Waals surface area contributed by atoms with Crippen LogP contribution >= 0.6 is 11.6 Å². The largest absolute Gasteiger partial charge is 0.347 e. The number of pyridine rings is 2. The Kier molecular flexibility index (Phi) is 5.83. The fourth-order valence-electron chi connectivity index (χ4n) is 3.26. The SMILES string of the molecule is Cn1c(=O)n(Cc2ccc(F)c(Cl)c2)c(=O)c2cc(C(=O)NCc3ccncc3)ncc21. The van der Waals surface area contributed by atoms with Gasteiger partial charge in [-0.3, -0.25) is 23.7 Å². The number of carbonyl (C=O) groups is 1. The number of aromatic nitrogens is 4. The van der Waals surface area contributed by atoms with Gasteiger partial charge in [-0.2, -0.15) is 0 Å². The minimum absolute atomic E-state index is 0.0404. The molecule has 0 fully saturated rings. The first-order valence-electron chi connectivity index (χ1n) is 9.56. The van der Waals surface area contributed by atoms with Crippen molar-refractivity contribution < 1.29 is 9.18 Å². The second-order valence-corrected chi connectivity index (χ2v) is 7.51. The Balaban J connectivity index is 1.70. The zero-order valence-corrected chi connectivity index (χ0v) is 17.6. The van der Waals surface area contributed by atoms with E-state index in [-0.39, 0.29) is 29.2 Å². The lowest BCUT2D eigenvalue weighted by molar-refractivity contribution is 0.0946. The number of rotatable bonds is 5. The molecular formula is C22H17ClFN5O3. The molecule has 1 N–H and O–H groups in total. The molecule has 32 heavy (non-hydrogen) atoms. The Morgan fingerprint density at radius 2 is 1.88 bits per heavy atom. The lowest BCUT2D eigenvalue weighted by atomic mass is 10.2. The highest BCUT2D eigenvalue weighted by Gasteiger charge is 2.16. The van der Waals surface area contributed by atoms with E-state index < -0.39 is 23.0 Å². The van der Waals surface area contributed by atoms with E-state index in [1.807, 2.05) is 0 Å². The second kappa shape index (κ2) is 8.72. The van der Waals surface area contributed by atoms with Gasteiger partial charge in [-0.15, -0.1) is 0 Å². The zero-order valence-electron chi connectivity index (χ0n) is 16.9. The molecule has 4 rings (SSSR count). The summed E-state index contributed by atoms with van der Waals surface area (Å²) in [5.74, 6) is -1.06. The summed E-state index contributed by atoms with van der Waals surface area (Å²) in [5, 5.41) is 2.79. The molecule has 0 aliphatic heterocycles. The number of nitrogens with zero attached hydrogens (tertiary/aromatic N) is 4. The quantitative estimate of drug-likeness (QED) is 0.499. The van der Waals surface area contributed by atoms with E-state index in [0.717, 1.165) is 10.1 Å². The number of hydrogen-bond donors (Lipinski definition) is 1. The van der Waals surface area contributed by atoms with Gasteiger partial charge in [0.05, 0.1) is 28.7 Å². The molecule has 8 nitrogen and oxygen atoms in total. The number of nitrogens with one attached hydrogen (secondary N) is 1. The summed E-state index contributed by atoms with van der Waals surface area (Å²) in [6, 6.07) is 8.87. The van der Waals surface area contributed by atoms with Crippen LogP contribution in [-0.2, 0) is 20.1 Å². The van der Waals surface area contributed by atoms with Crippen molar-refractivity contribution in [2.45, 2.75) is 13.1 Å². The summed E-state index contributed by atoms with van der Waals surface area (Å²) in [5.41, 5.74) is 0.516. The van der Waals surface area contributed by atoms with E-state index >= 15 is 0 Å². The van der Waals surface area contributed by atoms with E-state index in [0.29, 0.717) is 11.1 Å². The minimum Gasteiger partial charge on any atom is -0.347 e. The number of amides is 1. The van der Waals surface area contributed by atoms with Gasteiger partial charge in [0.25, 0.3) is 11.5 Å². The molecule has 0 radical (unpaired) electrons. The first kappa shape index (κ1) is 21.4. The van der Waals surface area contributed by atoms with Crippen LogP contribution in [0.2, 0.25) is 5.02 Å². The highest BCUT2D eigenvalue weighted by Crippen LogP contribution is 2.16. The van der Waals surface area contributed by atoms with E-state index in [2.05, 4.69) is 15.3 Å². The van der Waals surface area contributed by atoms with Crippen LogP contribution in [0.1, 0.15) is 21.6 Å². The smallest absolute Gasteiger partial charge is 0.331 e. The predicted octanol–water partition coefficient (Wildman–Crippen LogP) is 2.26. The molecule has 0 atom stereocenters. The molecule has 1 amide bonds. The first-order valence-corrected chi connectivity index (χ1v) is 9.93. The van der Waals surface area contributed by atoms with Crippen LogP contribution in [0.4, 0.5) is 4.39 Å². The number of hydrogen-bond acceptors (Lipinski definition) is 5. The van der Waals surface area contributed by atoms with Crippen molar-refractivity contribution in [2.75, 3.05) is 0 Å². The Bertz CT molecular complexity index is 1450. The van der Waals surface area contributed by atoms with Crippen LogP contribution in [0.25, 0.3) is 10.9 Å². The standard InChI is InChI=1S/C22H17ClFN5O3/c1-28-19-11-26-18(20(30)27-10-13-4-6-25-7-5-13)9-15(19)21(31)29(22(28)32)12-14-2-3-17(24)16(23)8-14/h2-9,11H,10,12H2,1H3,(H,27,30). The van der Waals surface area contributed by atoms with Gasteiger partial charge in [0, 0.05) is 26.0 Å². The van der Waals surface area contributed by atoms with E-state index in [9.17, 15) is 18.8 Å². The third kappa shape index (κ3) is 4.15. The van der Waals surface area contributed by atoms with Crippen LogP contribution in [-0.4, -0.2) is 25.0 Å². The number of halogens is 2. The average Bonchev–Trinajstić information content (AvgIpc) is 2.81. The molecule has 3 aromatic heterocycles. The Labute approximate surface area is 185 Å². The van der Waals surface area contributed by atoms with Crippen molar-refractivity contribution in [1.82, 2.24) is 24.4 Å². The van der Waals surface area contributed by atoms with Gasteiger partial charge in [-0.25, -0.2) is 14.2 Å². The van der Waals surface area contributed by atoms with Crippen LogP contribution in [0.15, 0.2) is 64.6 Å². The van der Waals surface area contributed by atoms with Gasteiger partial charge >= 0.3 is 5.69 Å². The van der Waals surface area contributed by atoms with Crippen molar-refractivity contribution in [2.24, 2.45) is 7.05 Å². The number of benzene rings is 1. The lowest BCUT2D eigenvalue weighted by Gasteiger charge is -2.12. The Morgan fingerprint density at radius 1 is 1.12 bits per heavy atom. The highest BCUT2D eigenvalue weighted by atomic mass is 35.5. The number of carbonyl (C=O) groups excluding carboxylic acids is 1. The summed E-state index contributed by atoms with van der Waals surface area (Å²) in [6.45, 7) is 0.164. The molecule has 0 saturated heterocycles. The van der Waals surface area contributed by atoms with Gasteiger partial charge in [0.15, 0.2) is 0 Å². The van der Waals surface area contributed by atoms with E-state index in [1.165, 1.54) is 42.1 Å². The predicted molar refractivity (Wildman–Crippen MR) is 117 cm³/mol. The van der Waals surface area contributed by atoms with E-state index in [4.69, 9.17) is 11.6 Å². The monoisotopic (exact) mass is 453 g/mol. The van der Waals surface area contributed by atoms with Crippen molar-refractivity contribution in [3.8, 4) is 0 Å². The lowest BCUT2D eigenvalue weighted by Crippen LogP contribution is -2.39. The summed E-state index contributed by atoms with van der Waals surface area (Å²) >= 11 is 5.81. The summed E-state index contributed by atoms with van der Waals surface area (Å²) in [6.07, 6.45) is 4.55. The topological polar surface area (TPSA) is 98.9 Å². The normalized spacial score (nSPS) is 11.0. The average molecular weight is 454 g/mol. The second-order valence-electron chi connectivity index (χ2n) is 7.11. The summed E-state index contributed by atoms with van der Waals surface area (Å²) < 4.78 is 15.7. The molecule has 0 bridgehead atoms.